The Balaban J connectivity index is 1.85. The summed E-state index contributed by atoms with van der Waals surface area (Å²) in [5.74, 6) is 1.37. The maximum absolute atomic E-state index is 5.72. The molecular formula is C17H18N8. The molecule has 4 heterocycles. The number of imidazole rings is 1. The van der Waals surface area contributed by atoms with Crippen LogP contribution in [0.25, 0.3) is 16.9 Å². The van der Waals surface area contributed by atoms with E-state index in [0.29, 0.717) is 24.6 Å². The van der Waals surface area contributed by atoms with E-state index in [4.69, 9.17) is 5.73 Å². The number of nitrogens with one attached hydrogen (secondary N) is 1. The Hall–Kier alpha value is -3.26. The van der Waals surface area contributed by atoms with Crippen molar-refractivity contribution in [2.45, 2.75) is 6.42 Å². The van der Waals surface area contributed by atoms with Crippen molar-refractivity contribution in [1.29, 1.82) is 0 Å². The predicted octanol–water partition coefficient (Wildman–Crippen LogP) is 1.77. The van der Waals surface area contributed by atoms with Crippen molar-refractivity contribution in [1.82, 2.24) is 29.1 Å². The number of aromatic nitrogens is 6. The second kappa shape index (κ2) is 6.33. The van der Waals surface area contributed by atoms with E-state index in [9.17, 15) is 0 Å². The topological polar surface area (TPSA) is 99.0 Å². The molecule has 0 atom stereocenters. The molecular weight excluding hydrogens is 316 g/mol. The van der Waals surface area contributed by atoms with Crippen LogP contribution in [-0.2, 0) is 13.5 Å². The molecule has 3 N–H and O–H groups in total. The molecule has 0 amide bonds. The fourth-order valence-corrected chi connectivity index (χ4v) is 2.72. The van der Waals surface area contributed by atoms with E-state index in [2.05, 4.69) is 25.4 Å². The van der Waals surface area contributed by atoms with Crippen LogP contribution in [0.2, 0.25) is 0 Å². The third-order valence-corrected chi connectivity index (χ3v) is 3.85. The molecule has 0 bridgehead atoms. The van der Waals surface area contributed by atoms with Gasteiger partial charge in [-0.05, 0) is 18.7 Å². The van der Waals surface area contributed by atoms with E-state index in [1.807, 2.05) is 54.4 Å². The Morgan fingerprint density at radius 3 is 2.80 bits per heavy atom. The van der Waals surface area contributed by atoms with Gasteiger partial charge in [0.1, 0.15) is 5.82 Å². The zero-order valence-electron chi connectivity index (χ0n) is 13.8. The molecule has 0 aromatic carbocycles. The van der Waals surface area contributed by atoms with E-state index in [-0.39, 0.29) is 0 Å². The summed E-state index contributed by atoms with van der Waals surface area (Å²) in [5.41, 5.74) is 9.28. The summed E-state index contributed by atoms with van der Waals surface area (Å²) in [6, 6.07) is 5.68. The summed E-state index contributed by atoms with van der Waals surface area (Å²) in [4.78, 5) is 13.5. The van der Waals surface area contributed by atoms with Gasteiger partial charge in [0.25, 0.3) is 0 Å². The Morgan fingerprint density at radius 1 is 1.16 bits per heavy atom. The normalized spacial score (nSPS) is 11.1. The highest BCUT2D eigenvalue weighted by molar-refractivity contribution is 5.73. The van der Waals surface area contributed by atoms with Gasteiger partial charge in [0, 0.05) is 37.6 Å². The van der Waals surface area contributed by atoms with Gasteiger partial charge < -0.3 is 11.1 Å². The van der Waals surface area contributed by atoms with E-state index >= 15 is 0 Å². The lowest BCUT2D eigenvalue weighted by Crippen LogP contribution is -2.08. The van der Waals surface area contributed by atoms with Crippen LogP contribution < -0.4 is 11.1 Å². The van der Waals surface area contributed by atoms with Gasteiger partial charge in [-0.25, -0.2) is 15.0 Å². The maximum atomic E-state index is 5.72. The molecule has 0 radical (unpaired) electrons. The van der Waals surface area contributed by atoms with Gasteiger partial charge in [-0.15, -0.1) is 0 Å². The van der Waals surface area contributed by atoms with Crippen LogP contribution in [-0.4, -0.2) is 35.7 Å². The molecule has 0 saturated carbocycles. The quantitative estimate of drug-likeness (QED) is 0.577. The fraction of sp³-hybridized carbons (Fsp3) is 0.176. The number of nitrogens with zero attached hydrogens (tertiary/aromatic N) is 6. The van der Waals surface area contributed by atoms with Crippen LogP contribution in [0.4, 0.5) is 11.6 Å². The monoisotopic (exact) mass is 334 g/mol. The van der Waals surface area contributed by atoms with E-state index in [1.165, 1.54) is 0 Å². The average Bonchev–Trinajstić information content (AvgIpc) is 3.22. The Morgan fingerprint density at radius 2 is 2.08 bits per heavy atom. The molecule has 8 heteroatoms. The summed E-state index contributed by atoms with van der Waals surface area (Å²) >= 11 is 0. The molecule has 25 heavy (non-hydrogen) atoms. The van der Waals surface area contributed by atoms with E-state index < -0.39 is 0 Å². The molecule has 0 saturated heterocycles. The molecule has 0 aliphatic carbocycles. The highest BCUT2D eigenvalue weighted by atomic mass is 15.2. The van der Waals surface area contributed by atoms with Crippen molar-refractivity contribution in [3.8, 4) is 11.3 Å². The molecule has 4 rings (SSSR count). The van der Waals surface area contributed by atoms with Gasteiger partial charge in [-0.2, -0.15) is 5.10 Å². The van der Waals surface area contributed by atoms with Crippen molar-refractivity contribution >= 4 is 17.3 Å². The summed E-state index contributed by atoms with van der Waals surface area (Å²) < 4.78 is 3.78. The first-order valence-corrected chi connectivity index (χ1v) is 7.99. The SMILES string of the molecule is Cn1cc(-c2cnc3c(Nc4ccccn4)nc(CCN)cn23)cn1. The fourth-order valence-electron chi connectivity index (χ4n) is 2.72. The van der Waals surface area contributed by atoms with Crippen LogP contribution in [0.3, 0.4) is 0 Å². The smallest absolute Gasteiger partial charge is 0.181 e. The van der Waals surface area contributed by atoms with Crippen molar-refractivity contribution in [3.05, 3.63) is 54.9 Å². The zero-order valence-corrected chi connectivity index (χ0v) is 13.8. The van der Waals surface area contributed by atoms with Crippen LogP contribution in [0.1, 0.15) is 5.69 Å². The molecule has 0 aliphatic heterocycles. The van der Waals surface area contributed by atoms with Gasteiger partial charge >= 0.3 is 0 Å². The van der Waals surface area contributed by atoms with Crippen molar-refractivity contribution in [2.75, 3.05) is 11.9 Å². The molecule has 8 nitrogen and oxygen atoms in total. The number of rotatable bonds is 5. The minimum Gasteiger partial charge on any atom is -0.330 e. The molecule has 0 fully saturated rings. The van der Waals surface area contributed by atoms with Crippen LogP contribution in [0.5, 0.6) is 0 Å². The molecule has 4 aromatic heterocycles. The molecule has 0 aliphatic rings. The summed E-state index contributed by atoms with van der Waals surface area (Å²) in [5, 5.41) is 7.49. The highest BCUT2D eigenvalue weighted by Gasteiger charge is 2.14. The average molecular weight is 334 g/mol. The van der Waals surface area contributed by atoms with Crippen LogP contribution in [0.15, 0.2) is 49.2 Å². The number of pyridine rings is 1. The van der Waals surface area contributed by atoms with Gasteiger partial charge in [0.2, 0.25) is 0 Å². The largest absolute Gasteiger partial charge is 0.330 e. The third kappa shape index (κ3) is 2.94. The van der Waals surface area contributed by atoms with Crippen molar-refractivity contribution in [3.63, 3.8) is 0 Å². The Kier molecular flexibility index (Phi) is 3.87. The second-order valence-corrected chi connectivity index (χ2v) is 5.70. The third-order valence-electron chi connectivity index (χ3n) is 3.85. The first-order valence-electron chi connectivity index (χ1n) is 7.99. The minimum absolute atomic E-state index is 0.526. The molecule has 0 unspecified atom stereocenters. The number of hydrogen-bond donors (Lipinski definition) is 2. The zero-order chi connectivity index (χ0) is 17.2. The van der Waals surface area contributed by atoms with Gasteiger partial charge in [-0.1, -0.05) is 6.07 Å². The number of fused-ring (bicyclic) bond motifs is 1. The number of anilines is 2. The Labute approximate surface area is 144 Å². The number of hydrogen-bond acceptors (Lipinski definition) is 6. The van der Waals surface area contributed by atoms with Gasteiger partial charge in [0.05, 0.1) is 23.8 Å². The molecule has 126 valence electrons. The van der Waals surface area contributed by atoms with Gasteiger partial charge in [-0.3, -0.25) is 9.08 Å². The molecule has 4 aromatic rings. The first-order chi connectivity index (χ1) is 12.2. The predicted molar refractivity (Wildman–Crippen MR) is 95.5 cm³/mol. The van der Waals surface area contributed by atoms with E-state index in [1.54, 1.807) is 10.9 Å². The second-order valence-electron chi connectivity index (χ2n) is 5.70. The van der Waals surface area contributed by atoms with Crippen molar-refractivity contribution in [2.24, 2.45) is 12.8 Å². The van der Waals surface area contributed by atoms with E-state index in [0.717, 1.165) is 22.6 Å². The first kappa shape index (κ1) is 15.3. The van der Waals surface area contributed by atoms with Crippen molar-refractivity contribution < 1.29 is 0 Å². The number of aryl methyl sites for hydroxylation is 1. The summed E-state index contributed by atoms with van der Waals surface area (Å²) in [7, 11) is 1.89. The lowest BCUT2D eigenvalue weighted by Gasteiger charge is -2.10. The van der Waals surface area contributed by atoms with Crippen LogP contribution >= 0.6 is 0 Å². The maximum Gasteiger partial charge on any atom is 0.181 e. The lowest BCUT2D eigenvalue weighted by atomic mass is 10.2. The Bertz CT molecular complexity index is 1000. The summed E-state index contributed by atoms with van der Waals surface area (Å²) in [6.07, 6.45) is 9.98. The highest BCUT2D eigenvalue weighted by Crippen LogP contribution is 2.25. The van der Waals surface area contributed by atoms with Crippen LogP contribution in [0, 0.1) is 0 Å². The lowest BCUT2D eigenvalue weighted by molar-refractivity contribution is 0.768. The summed E-state index contributed by atoms with van der Waals surface area (Å²) in [6.45, 7) is 0.526. The minimum atomic E-state index is 0.526. The standard InChI is InChI=1S/C17H18N8/c1-24-10-12(8-21-24)14-9-20-17-16(23-15-4-2-3-7-19-15)22-13(5-6-18)11-25(14)17/h2-4,7-11H,5-6,18H2,1H3,(H,19,22,23). The number of nitrogens with two attached hydrogens (primary N) is 1. The molecule has 0 spiro atoms. The van der Waals surface area contributed by atoms with Gasteiger partial charge in [0.15, 0.2) is 11.5 Å².